The number of rotatable bonds is 6. The van der Waals surface area contributed by atoms with E-state index in [0.717, 1.165) is 29.7 Å². The molecule has 0 bridgehead atoms. The van der Waals surface area contributed by atoms with Crippen LogP contribution in [0, 0.1) is 5.41 Å². The van der Waals surface area contributed by atoms with Gasteiger partial charge in [-0.1, -0.05) is 32.0 Å². The minimum absolute atomic E-state index is 0.158. The summed E-state index contributed by atoms with van der Waals surface area (Å²) in [6, 6.07) is 9.64. The predicted molar refractivity (Wildman–Crippen MR) is 87.8 cm³/mol. The van der Waals surface area contributed by atoms with Crippen LogP contribution in [0.1, 0.15) is 24.2 Å². The van der Waals surface area contributed by atoms with E-state index in [9.17, 15) is 4.79 Å². The third-order valence-electron chi connectivity index (χ3n) is 3.53. The Labute approximate surface area is 128 Å². The van der Waals surface area contributed by atoms with Crippen molar-refractivity contribution in [3.63, 3.8) is 0 Å². The minimum atomic E-state index is -0.158. The van der Waals surface area contributed by atoms with Gasteiger partial charge >= 0.3 is 0 Å². The van der Waals surface area contributed by atoms with Gasteiger partial charge in [0.2, 0.25) is 0 Å². The Hall–Kier alpha value is -1.72. The zero-order valence-corrected chi connectivity index (χ0v) is 13.3. The van der Waals surface area contributed by atoms with Gasteiger partial charge in [-0.2, -0.15) is 0 Å². The Kier molecular flexibility index (Phi) is 5.47. The van der Waals surface area contributed by atoms with Crippen molar-refractivity contribution in [2.75, 3.05) is 26.2 Å². The Balaban J connectivity index is 2.09. The summed E-state index contributed by atoms with van der Waals surface area (Å²) in [5.41, 5.74) is 0.457. The average Bonchev–Trinajstić information content (AvgIpc) is 2.50. The SMILES string of the molecule is CCN(CC)CCNC(=O)c1cc2ccccc2sc1=N. The van der Waals surface area contributed by atoms with Crippen LogP contribution in [0.15, 0.2) is 30.3 Å². The van der Waals surface area contributed by atoms with Crippen LogP contribution in [-0.2, 0) is 0 Å². The van der Waals surface area contributed by atoms with E-state index in [-0.39, 0.29) is 5.91 Å². The molecule has 4 nitrogen and oxygen atoms in total. The zero-order valence-electron chi connectivity index (χ0n) is 12.5. The minimum Gasteiger partial charge on any atom is -0.351 e. The lowest BCUT2D eigenvalue weighted by Gasteiger charge is -2.17. The maximum Gasteiger partial charge on any atom is 0.254 e. The van der Waals surface area contributed by atoms with Gasteiger partial charge in [-0.15, -0.1) is 11.3 Å². The van der Waals surface area contributed by atoms with E-state index in [1.807, 2.05) is 24.3 Å². The molecule has 0 saturated heterocycles. The van der Waals surface area contributed by atoms with Gasteiger partial charge in [0, 0.05) is 17.8 Å². The van der Waals surface area contributed by atoms with Gasteiger partial charge in [0.05, 0.1) is 5.56 Å². The second-order valence-electron chi connectivity index (χ2n) is 4.81. The van der Waals surface area contributed by atoms with Gasteiger partial charge in [0.15, 0.2) is 0 Å². The second-order valence-corrected chi connectivity index (χ2v) is 5.86. The van der Waals surface area contributed by atoms with Crippen LogP contribution >= 0.6 is 11.3 Å². The zero-order chi connectivity index (χ0) is 15.2. The summed E-state index contributed by atoms with van der Waals surface area (Å²) in [5.74, 6) is -0.158. The van der Waals surface area contributed by atoms with Crippen LogP contribution in [0.5, 0.6) is 0 Å². The van der Waals surface area contributed by atoms with E-state index in [0.29, 0.717) is 16.8 Å². The summed E-state index contributed by atoms with van der Waals surface area (Å²) in [4.78, 5) is 14.5. The molecule has 0 atom stereocenters. The lowest BCUT2D eigenvalue weighted by atomic mass is 10.2. The first-order valence-corrected chi connectivity index (χ1v) is 8.05. The Morgan fingerprint density at radius 1 is 1.29 bits per heavy atom. The van der Waals surface area contributed by atoms with Crippen molar-refractivity contribution in [2.45, 2.75) is 13.8 Å². The van der Waals surface area contributed by atoms with Crippen LogP contribution in [0.4, 0.5) is 0 Å². The highest BCUT2D eigenvalue weighted by molar-refractivity contribution is 7.16. The summed E-state index contributed by atoms with van der Waals surface area (Å²) < 4.78 is 1.34. The van der Waals surface area contributed by atoms with E-state index >= 15 is 0 Å². The molecule has 0 radical (unpaired) electrons. The molecule has 112 valence electrons. The molecule has 0 saturated carbocycles. The molecule has 1 heterocycles. The van der Waals surface area contributed by atoms with Crippen molar-refractivity contribution in [1.29, 1.82) is 5.41 Å². The first-order chi connectivity index (χ1) is 10.2. The first-order valence-electron chi connectivity index (χ1n) is 7.23. The van der Waals surface area contributed by atoms with Crippen LogP contribution in [0.2, 0.25) is 0 Å². The van der Waals surface area contributed by atoms with Crippen molar-refractivity contribution in [2.24, 2.45) is 0 Å². The number of hydrogen-bond acceptors (Lipinski definition) is 4. The monoisotopic (exact) mass is 303 g/mol. The molecule has 2 aromatic rings. The number of carbonyl (C=O) groups is 1. The van der Waals surface area contributed by atoms with Gasteiger partial charge in [0.1, 0.15) is 4.67 Å². The number of benzene rings is 1. The molecule has 0 unspecified atom stereocenters. The van der Waals surface area contributed by atoms with E-state index in [1.54, 1.807) is 6.07 Å². The predicted octanol–water partition coefficient (Wildman–Crippen LogP) is 2.45. The number of amides is 1. The number of fused-ring (bicyclic) bond motifs is 1. The summed E-state index contributed by atoms with van der Waals surface area (Å²) >= 11 is 1.34. The molecule has 1 amide bonds. The van der Waals surface area contributed by atoms with Crippen LogP contribution in [0.25, 0.3) is 10.1 Å². The molecular weight excluding hydrogens is 282 g/mol. The summed E-state index contributed by atoms with van der Waals surface area (Å²) in [7, 11) is 0. The molecular formula is C16H21N3OS. The van der Waals surface area contributed by atoms with Gasteiger partial charge in [-0.25, -0.2) is 0 Å². The second kappa shape index (κ2) is 7.33. The number of carbonyl (C=O) groups excluding carboxylic acids is 1. The normalized spacial score (nSPS) is 11.0. The molecule has 1 aromatic carbocycles. The molecule has 2 rings (SSSR count). The third-order valence-corrected chi connectivity index (χ3v) is 4.54. The van der Waals surface area contributed by atoms with E-state index in [4.69, 9.17) is 5.41 Å². The van der Waals surface area contributed by atoms with Gasteiger partial charge in [0.25, 0.3) is 5.91 Å². The quantitative estimate of drug-likeness (QED) is 0.861. The summed E-state index contributed by atoms with van der Waals surface area (Å²) in [6.45, 7) is 7.62. The first kappa shape index (κ1) is 15.7. The van der Waals surface area contributed by atoms with Gasteiger partial charge in [-0.05, 0) is 30.6 Å². The van der Waals surface area contributed by atoms with Gasteiger partial charge < -0.3 is 10.2 Å². The number of hydrogen-bond donors (Lipinski definition) is 2. The fourth-order valence-electron chi connectivity index (χ4n) is 2.21. The van der Waals surface area contributed by atoms with Gasteiger partial charge in [-0.3, -0.25) is 10.2 Å². The van der Waals surface area contributed by atoms with Crippen LogP contribution in [-0.4, -0.2) is 37.0 Å². The van der Waals surface area contributed by atoms with Crippen LogP contribution in [0.3, 0.4) is 0 Å². The number of nitrogens with zero attached hydrogens (tertiary/aromatic N) is 1. The smallest absolute Gasteiger partial charge is 0.254 e. The highest BCUT2D eigenvalue weighted by Crippen LogP contribution is 2.16. The molecule has 5 heteroatoms. The van der Waals surface area contributed by atoms with E-state index in [1.165, 1.54) is 11.3 Å². The molecule has 0 aliphatic rings. The highest BCUT2D eigenvalue weighted by atomic mass is 32.1. The Morgan fingerprint density at radius 2 is 2.00 bits per heavy atom. The molecule has 0 aliphatic carbocycles. The Morgan fingerprint density at radius 3 is 2.71 bits per heavy atom. The maximum atomic E-state index is 12.2. The molecule has 21 heavy (non-hydrogen) atoms. The van der Waals surface area contributed by atoms with Crippen LogP contribution < -0.4 is 9.99 Å². The maximum absolute atomic E-state index is 12.2. The standard InChI is InChI=1S/C16H21N3OS/c1-3-19(4-2)10-9-18-16(20)13-11-12-7-5-6-8-14(12)21-15(13)17/h5-8,11,17H,3-4,9-10H2,1-2H3,(H,18,20). The van der Waals surface area contributed by atoms with E-state index in [2.05, 4.69) is 24.1 Å². The molecule has 0 fully saturated rings. The molecule has 0 spiro atoms. The van der Waals surface area contributed by atoms with Crippen molar-refractivity contribution in [3.05, 3.63) is 40.6 Å². The molecule has 1 aromatic heterocycles. The number of likely N-dealkylation sites (N-methyl/N-ethyl adjacent to an activating group) is 1. The Bertz CT molecular complexity index is 677. The average molecular weight is 303 g/mol. The molecule has 0 aliphatic heterocycles. The molecule has 2 N–H and O–H groups in total. The van der Waals surface area contributed by atoms with Crippen molar-refractivity contribution in [3.8, 4) is 0 Å². The third kappa shape index (κ3) is 3.89. The van der Waals surface area contributed by atoms with Crippen molar-refractivity contribution < 1.29 is 4.79 Å². The fraction of sp³-hybridized carbons (Fsp3) is 0.375. The number of nitrogens with one attached hydrogen (secondary N) is 2. The van der Waals surface area contributed by atoms with E-state index < -0.39 is 0 Å². The van der Waals surface area contributed by atoms with Crippen molar-refractivity contribution >= 4 is 27.3 Å². The highest BCUT2D eigenvalue weighted by Gasteiger charge is 2.10. The fourth-order valence-corrected chi connectivity index (χ4v) is 3.08. The topological polar surface area (TPSA) is 56.2 Å². The van der Waals surface area contributed by atoms with Crippen molar-refractivity contribution in [1.82, 2.24) is 10.2 Å². The lowest BCUT2D eigenvalue weighted by Crippen LogP contribution is -2.36. The summed E-state index contributed by atoms with van der Waals surface area (Å²) in [5, 5.41) is 11.9. The lowest BCUT2D eigenvalue weighted by molar-refractivity contribution is 0.0948. The largest absolute Gasteiger partial charge is 0.351 e. The summed E-state index contributed by atoms with van der Waals surface area (Å²) in [6.07, 6.45) is 0.